The topological polar surface area (TPSA) is 29.1 Å². The number of hydrogen-bond donors (Lipinski definition) is 1. The lowest BCUT2D eigenvalue weighted by molar-refractivity contribution is 0.101. The molecule has 0 fully saturated rings. The zero-order chi connectivity index (χ0) is 9.14. The monoisotopic (exact) mass is 183 g/mol. The van der Waals surface area contributed by atoms with Gasteiger partial charge in [0.15, 0.2) is 5.78 Å². The summed E-state index contributed by atoms with van der Waals surface area (Å²) in [4.78, 5) is 13.5. The van der Waals surface area contributed by atoms with Gasteiger partial charge in [-0.15, -0.1) is 0 Å². The molecule has 1 N–H and O–H groups in total. The summed E-state index contributed by atoms with van der Waals surface area (Å²) in [6.45, 7) is 3.46. The molecule has 64 valence electrons. The molecular formula is C9H10ClNO. The van der Waals surface area contributed by atoms with Crippen LogP contribution in [-0.4, -0.2) is 5.78 Å². The Kier molecular flexibility index (Phi) is 2.71. The fourth-order valence-electron chi connectivity index (χ4n) is 0.943. The highest BCUT2D eigenvalue weighted by atomic mass is 35.5. The van der Waals surface area contributed by atoms with E-state index < -0.39 is 0 Å². The highest BCUT2D eigenvalue weighted by molar-refractivity contribution is 6.24. The van der Waals surface area contributed by atoms with E-state index in [1.807, 2.05) is 13.0 Å². The first kappa shape index (κ1) is 9.07. The molecule has 0 saturated carbocycles. The largest absolute Gasteiger partial charge is 0.298 e. The third-order valence-electron chi connectivity index (χ3n) is 1.75. The number of carbonyl (C=O) groups excluding carboxylic acids is 1. The maximum Gasteiger partial charge on any atom is 0.159 e. The number of Topliss-reactive ketones (excluding diaryl/α,β-unsaturated/α-hetero) is 1. The van der Waals surface area contributed by atoms with Crippen LogP contribution in [0.2, 0.25) is 0 Å². The van der Waals surface area contributed by atoms with Gasteiger partial charge in [0.25, 0.3) is 0 Å². The standard InChI is InChI=1S/C9H10ClNO/c1-6-3-4-8(7(2)12)5-9(6)11-10/h3-5,11H,1-2H3. The van der Waals surface area contributed by atoms with Crippen LogP contribution < -0.4 is 4.84 Å². The van der Waals surface area contributed by atoms with Crippen LogP contribution in [0, 0.1) is 6.92 Å². The molecule has 3 heteroatoms. The fourth-order valence-corrected chi connectivity index (χ4v) is 1.15. The van der Waals surface area contributed by atoms with Crippen molar-refractivity contribution in [2.24, 2.45) is 0 Å². The van der Waals surface area contributed by atoms with Crippen molar-refractivity contribution < 1.29 is 4.79 Å². The van der Waals surface area contributed by atoms with Crippen LogP contribution in [0.3, 0.4) is 0 Å². The molecule has 0 bridgehead atoms. The number of benzene rings is 1. The van der Waals surface area contributed by atoms with Gasteiger partial charge in [0, 0.05) is 17.3 Å². The Morgan fingerprint density at radius 2 is 2.17 bits per heavy atom. The molecule has 0 atom stereocenters. The van der Waals surface area contributed by atoms with Crippen molar-refractivity contribution in [2.45, 2.75) is 13.8 Å². The summed E-state index contributed by atoms with van der Waals surface area (Å²) in [6, 6.07) is 5.39. The van der Waals surface area contributed by atoms with Crippen molar-refractivity contribution in [3.8, 4) is 0 Å². The van der Waals surface area contributed by atoms with E-state index in [2.05, 4.69) is 4.84 Å². The maximum atomic E-state index is 11.0. The van der Waals surface area contributed by atoms with E-state index in [0.717, 1.165) is 11.3 Å². The van der Waals surface area contributed by atoms with E-state index in [-0.39, 0.29) is 5.78 Å². The van der Waals surface area contributed by atoms with Crippen molar-refractivity contribution >= 4 is 23.2 Å². The molecule has 0 aromatic heterocycles. The van der Waals surface area contributed by atoms with Crippen LogP contribution >= 0.6 is 11.8 Å². The molecule has 0 saturated heterocycles. The van der Waals surface area contributed by atoms with E-state index in [9.17, 15) is 4.79 Å². The Balaban J connectivity index is 3.13. The first-order valence-corrected chi connectivity index (χ1v) is 4.01. The van der Waals surface area contributed by atoms with Gasteiger partial charge in [0.05, 0.1) is 5.69 Å². The third kappa shape index (κ3) is 1.77. The van der Waals surface area contributed by atoms with Crippen molar-refractivity contribution in [3.05, 3.63) is 29.3 Å². The Morgan fingerprint density at radius 3 is 2.67 bits per heavy atom. The van der Waals surface area contributed by atoms with Crippen molar-refractivity contribution in [2.75, 3.05) is 4.84 Å². The summed E-state index contributed by atoms with van der Waals surface area (Å²) in [5, 5.41) is 0. The molecule has 12 heavy (non-hydrogen) atoms. The van der Waals surface area contributed by atoms with Gasteiger partial charge in [0.1, 0.15) is 0 Å². The van der Waals surface area contributed by atoms with Crippen LogP contribution in [0.5, 0.6) is 0 Å². The van der Waals surface area contributed by atoms with Crippen LogP contribution in [0.4, 0.5) is 5.69 Å². The summed E-state index contributed by atoms with van der Waals surface area (Å²) in [7, 11) is 0. The number of aryl methyl sites for hydroxylation is 1. The van der Waals surface area contributed by atoms with E-state index >= 15 is 0 Å². The lowest BCUT2D eigenvalue weighted by Crippen LogP contribution is -1.94. The van der Waals surface area contributed by atoms with Crippen LogP contribution in [0.1, 0.15) is 22.8 Å². The molecule has 1 aromatic rings. The van der Waals surface area contributed by atoms with Gasteiger partial charge in [-0.2, -0.15) is 0 Å². The molecule has 0 aliphatic carbocycles. The SMILES string of the molecule is CC(=O)c1ccc(C)c(NCl)c1. The smallest absolute Gasteiger partial charge is 0.159 e. The predicted molar refractivity (Wildman–Crippen MR) is 50.7 cm³/mol. The second-order valence-electron chi connectivity index (χ2n) is 2.68. The molecule has 0 spiro atoms. The minimum absolute atomic E-state index is 0.0446. The molecule has 0 unspecified atom stereocenters. The van der Waals surface area contributed by atoms with Gasteiger partial charge in [0.2, 0.25) is 0 Å². The fraction of sp³-hybridized carbons (Fsp3) is 0.222. The van der Waals surface area contributed by atoms with E-state index in [4.69, 9.17) is 11.8 Å². The molecule has 0 radical (unpaired) electrons. The Morgan fingerprint density at radius 1 is 1.50 bits per heavy atom. The first-order valence-electron chi connectivity index (χ1n) is 3.63. The molecule has 0 aliphatic heterocycles. The third-order valence-corrected chi connectivity index (χ3v) is 1.95. The van der Waals surface area contributed by atoms with Gasteiger partial charge >= 0.3 is 0 Å². The Labute approximate surface area is 76.7 Å². The van der Waals surface area contributed by atoms with E-state index in [1.54, 1.807) is 12.1 Å². The van der Waals surface area contributed by atoms with Crippen molar-refractivity contribution in [3.63, 3.8) is 0 Å². The molecule has 0 amide bonds. The summed E-state index contributed by atoms with van der Waals surface area (Å²) < 4.78 is 0. The second kappa shape index (κ2) is 3.59. The molecule has 0 aliphatic rings. The number of nitrogens with one attached hydrogen (secondary N) is 1. The molecule has 2 nitrogen and oxygen atoms in total. The van der Waals surface area contributed by atoms with Crippen molar-refractivity contribution in [1.29, 1.82) is 0 Å². The summed E-state index contributed by atoms with van der Waals surface area (Å²) >= 11 is 5.45. The first-order chi connectivity index (χ1) is 5.65. The van der Waals surface area contributed by atoms with E-state index in [0.29, 0.717) is 5.56 Å². The number of halogens is 1. The Bertz CT molecular complexity index is 309. The van der Waals surface area contributed by atoms with Crippen LogP contribution in [0.15, 0.2) is 18.2 Å². The zero-order valence-corrected chi connectivity index (χ0v) is 7.77. The maximum absolute atomic E-state index is 11.0. The van der Waals surface area contributed by atoms with Gasteiger partial charge in [-0.1, -0.05) is 12.1 Å². The number of carbonyl (C=O) groups is 1. The van der Waals surface area contributed by atoms with Gasteiger partial charge in [-0.05, 0) is 25.5 Å². The minimum atomic E-state index is 0.0446. The van der Waals surface area contributed by atoms with Crippen LogP contribution in [0.25, 0.3) is 0 Å². The van der Waals surface area contributed by atoms with Crippen LogP contribution in [-0.2, 0) is 0 Å². The lowest BCUT2D eigenvalue weighted by atomic mass is 10.1. The zero-order valence-electron chi connectivity index (χ0n) is 7.02. The van der Waals surface area contributed by atoms with Gasteiger partial charge in [-0.25, -0.2) is 0 Å². The predicted octanol–water partition coefficient (Wildman–Crippen LogP) is 2.76. The minimum Gasteiger partial charge on any atom is -0.298 e. The highest BCUT2D eigenvalue weighted by Gasteiger charge is 2.02. The molecular weight excluding hydrogens is 174 g/mol. The second-order valence-corrected chi connectivity index (χ2v) is 2.87. The van der Waals surface area contributed by atoms with Gasteiger partial charge in [-0.3, -0.25) is 9.63 Å². The lowest BCUT2D eigenvalue weighted by Gasteiger charge is -2.03. The Hall–Kier alpha value is -1.02. The summed E-state index contributed by atoms with van der Waals surface area (Å²) in [5.41, 5.74) is 2.48. The average Bonchev–Trinajstić information content (AvgIpc) is 2.05. The normalized spacial score (nSPS) is 9.58. The summed E-state index contributed by atoms with van der Waals surface area (Å²) in [6.07, 6.45) is 0. The number of rotatable bonds is 2. The number of hydrogen-bond acceptors (Lipinski definition) is 2. The molecule has 1 rings (SSSR count). The van der Waals surface area contributed by atoms with Gasteiger partial charge < -0.3 is 0 Å². The molecule has 0 heterocycles. The van der Waals surface area contributed by atoms with Crippen molar-refractivity contribution in [1.82, 2.24) is 0 Å². The number of ketones is 1. The average molecular weight is 184 g/mol. The quantitative estimate of drug-likeness (QED) is 0.564. The molecule has 1 aromatic carbocycles. The number of anilines is 1. The highest BCUT2D eigenvalue weighted by Crippen LogP contribution is 2.17. The summed E-state index contributed by atoms with van der Waals surface area (Å²) in [5.74, 6) is 0.0446. The van der Waals surface area contributed by atoms with E-state index in [1.165, 1.54) is 6.92 Å².